The van der Waals surface area contributed by atoms with Crippen LogP contribution in [0, 0.1) is 0 Å². The number of nitrogens with one attached hydrogen (secondary N) is 1. The lowest BCUT2D eigenvalue weighted by atomic mass is 10.1. The number of urea groups is 1. The fourth-order valence-electron chi connectivity index (χ4n) is 4.32. The van der Waals surface area contributed by atoms with Crippen LogP contribution in [0.5, 0.6) is 0 Å². The molecule has 0 saturated carbocycles. The fraction of sp³-hybridized carbons (Fsp3) is 0.222. The Bertz CT molecular complexity index is 1270. The number of pyridine rings is 1. The standard InChI is InChI=1S/C27H26BrN5O/c28-22-11-9-20(10-12-22)23-13-14-25-24(31-23)8-4-18-33(25)27(34)30-15-5-17-32-19-16-29-26(32)21-6-2-1-3-7-21/h1-3,6-7,9-14,16,19H,4-5,8,15,17-18H2,(H,30,34). The molecule has 1 aliphatic heterocycles. The van der Waals surface area contributed by atoms with Crippen molar-refractivity contribution in [3.8, 4) is 22.6 Å². The van der Waals surface area contributed by atoms with Crippen LogP contribution in [0.25, 0.3) is 22.6 Å². The van der Waals surface area contributed by atoms with Gasteiger partial charge in [0.05, 0.1) is 17.1 Å². The molecule has 0 fully saturated rings. The van der Waals surface area contributed by atoms with E-state index >= 15 is 0 Å². The molecule has 2 aromatic heterocycles. The Labute approximate surface area is 207 Å². The van der Waals surface area contributed by atoms with Gasteiger partial charge in [0, 0.05) is 47.6 Å². The number of carbonyl (C=O) groups is 1. The summed E-state index contributed by atoms with van der Waals surface area (Å²) in [5, 5.41) is 3.09. The largest absolute Gasteiger partial charge is 0.338 e. The van der Waals surface area contributed by atoms with Gasteiger partial charge in [-0.3, -0.25) is 9.88 Å². The number of aromatic nitrogens is 3. The number of hydrogen-bond donors (Lipinski definition) is 1. The van der Waals surface area contributed by atoms with Gasteiger partial charge in [-0.1, -0.05) is 58.4 Å². The van der Waals surface area contributed by atoms with Crippen LogP contribution >= 0.6 is 15.9 Å². The van der Waals surface area contributed by atoms with Gasteiger partial charge in [-0.15, -0.1) is 0 Å². The van der Waals surface area contributed by atoms with E-state index in [1.165, 1.54) is 0 Å². The summed E-state index contributed by atoms with van der Waals surface area (Å²) in [6, 6.07) is 22.2. The number of halogens is 1. The molecule has 2 aromatic carbocycles. The molecule has 6 nitrogen and oxygen atoms in total. The fourth-order valence-corrected chi connectivity index (χ4v) is 4.58. The highest BCUT2D eigenvalue weighted by atomic mass is 79.9. The number of amides is 2. The number of imidazole rings is 1. The van der Waals surface area contributed by atoms with Crippen molar-refractivity contribution in [3.63, 3.8) is 0 Å². The maximum absolute atomic E-state index is 13.0. The molecular formula is C27H26BrN5O. The summed E-state index contributed by atoms with van der Waals surface area (Å²) in [5.74, 6) is 0.949. The van der Waals surface area contributed by atoms with Crippen molar-refractivity contribution in [3.05, 3.63) is 89.3 Å². The normalized spacial score (nSPS) is 12.9. The van der Waals surface area contributed by atoms with E-state index in [2.05, 4.69) is 55.1 Å². The van der Waals surface area contributed by atoms with Crippen molar-refractivity contribution >= 4 is 27.6 Å². The maximum atomic E-state index is 13.0. The third kappa shape index (κ3) is 4.89. The number of aryl methyl sites for hydroxylation is 2. The Kier molecular flexibility index (Phi) is 6.72. The topological polar surface area (TPSA) is 63.1 Å². The summed E-state index contributed by atoms with van der Waals surface area (Å²) in [6.07, 6.45) is 6.42. The molecule has 2 amide bonds. The van der Waals surface area contributed by atoms with Gasteiger partial charge in [0.1, 0.15) is 5.82 Å². The predicted octanol–water partition coefficient (Wildman–Crippen LogP) is 5.93. The predicted molar refractivity (Wildman–Crippen MR) is 139 cm³/mol. The van der Waals surface area contributed by atoms with Gasteiger partial charge in [0.2, 0.25) is 0 Å². The minimum Gasteiger partial charge on any atom is -0.338 e. The first-order valence-corrected chi connectivity index (χ1v) is 12.4. The Hall–Kier alpha value is -3.45. The number of rotatable bonds is 6. The Morgan fingerprint density at radius 3 is 2.65 bits per heavy atom. The molecule has 0 saturated heterocycles. The van der Waals surface area contributed by atoms with Gasteiger partial charge in [-0.25, -0.2) is 9.78 Å². The van der Waals surface area contributed by atoms with E-state index < -0.39 is 0 Å². The molecule has 34 heavy (non-hydrogen) atoms. The summed E-state index contributed by atoms with van der Waals surface area (Å²) in [7, 11) is 0. The van der Waals surface area contributed by atoms with Crippen LogP contribution < -0.4 is 10.2 Å². The second kappa shape index (κ2) is 10.2. The van der Waals surface area contributed by atoms with Crippen LogP contribution in [0.4, 0.5) is 10.5 Å². The van der Waals surface area contributed by atoms with E-state index in [1.807, 2.05) is 59.8 Å². The summed E-state index contributed by atoms with van der Waals surface area (Å²) in [5.41, 5.74) is 4.99. The maximum Gasteiger partial charge on any atom is 0.321 e. The lowest BCUT2D eigenvalue weighted by molar-refractivity contribution is 0.245. The van der Waals surface area contributed by atoms with Gasteiger partial charge < -0.3 is 9.88 Å². The second-order valence-electron chi connectivity index (χ2n) is 8.32. The highest BCUT2D eigenvalue weighted by Crippen LogP contribution is 2.29. The summed E-state index contributed by atoms with van der Waals surface area (Å²) in [4.78, 5) is 24.1. The third-order valence-electron chi connectivity index (χ3n) is 6.02. The number of hydrogen-bond acceptors (Lipinski definition) is 3. The van der Waals surface area contributed by atoms with Crippen LogP contribution in [0.3, 0.4) is 0 Å². The highest BCUT2D eigenvalue weighted by Gasteiger charge is 2.23. The molecule has 5 rings (SSSR count). The molecule has 3 heterocycles. The van der Waals surface area contributed by atoms with Crippen molar-refractivity contribution in [1.29, 1.82) is 0 Å². The van der Waals surface area contributed by atoms with Gasteiger partial charge >= 0.3 is 6.03 Å². The quantitative estimate of drug-likeness (QED) is 0.324. The Morgan fingerprint density at radius 2 is 1.82 bits per heavy atom. The molecule has 0 atom stereocenters. The summed E-state index contributed by atoms with van der Waals surface area (Å²) < 4.78 is 3.17. The zero-order chi connectivity index (χ0) is 23.3. The van der Waals surface area contributed by atoms with Crippen molar-refractivity contribution < 1.29 is 4.79 Å². The summed E-state index contributed by atoms with van der Waals surface area (Å²) >= 11 is 3.48. The van der Waals surface area contributed by atoms with Crippen LogP contribution in [0.1, 0.15) is 18.5 Å². The molecule has 0 bridgehead atoms. The molecule has 0 aliphatic carbocycles. The van der Waals surface area contributed by atoms with Crippen molar-refractivity contribution in [2.24, 2.45) is 0 Å². The van der Waals surface area contributed by atoms with Gasteiger partial charge in [0.25, 0.3) is 0 Å². The van der Waals surface area contributed by atoms with Crippen LogP contribution in [-0.4, -0.2) is 33.7 Å². The van der Waals surface area contributed by atoms with E-state index in [0.717, 1.165) is 64.3 Å². The Morgan fingerprint density at radius 1 is 1.00 bits per heavy atom. The molecule has 1 N–H and O–H groups in total. The van der Waals surface area contributed by atoms with Gasteiger partial charge in [-0.2, -0.15) is 0 Å². The molecule has 1 aliphatic rings. The van der Waals surface area contributed by atoms with E-state index in [9.17, 15) is 4.79 Å². The minimum absolute atomic E-state index is 0.0620. The molecule has 0 unspecified atom stereocenters. The van der Waals surface area contributed by atoms with E-state index in [-0.39, 0.29) is 6.03 Å². The molecular weight excluding hydrogens is 490 g/mol. The van der Waals surface area contributed by atoms with E-state index in [0.29, 0.717) is 13.1 Å². The number of carbonyl (C=O) groups excluding carboxylic acids is 1. The lowest BCUT2D eigenvalue weighted by Gasteiger charge is -2.29. The minimum atomic E-state index is -0.0620. The number of nitrogens with zero attached hydrogens (tertiary/aromatic N) is 4. The monoisotopic (exact) mass is 515 g/mol. The average Bonchev–Trinajstić information content (AvgIpc) is 3.35. The van der Waals surface area contributed by atoms with Crippen LogP contribution in [0.15, 0.2) is 83.6 Å². The average molecular weight is 516 g/mol. The van der Waals surface area contributed by atoms with Crippen LogP contribution in [-0.2, 0) is 13.0 Å². The van der Waals surface area contributed by atoms with E-state index in [1.54, 1.807) is 0 Å². The smallest absolute Gasteiger partial charge is 0.321 e. The number of benzene rings is 2. The summed E-state index contributed by atoms with van der Waals surface area (Å²) in [6.45, 7) is 2.10. The molecule has 172 valence electrons. The molecule has 7 heteroatoms. The molecule has 4 aromatic rings. The first kappa shape index (κ1) is 22.3. The zero-order valence-corrected chi connectivity index (χ0v) is 20.4. The highest BCUT2D eigenvalue weighted by molar-refractivity contribution is 9.10. The van der Waals surface area contributed by atoms with Crippen molar-refractivity contribution in [1.82, 2.24) is 19.9 Å². The van der Waals surface area contributed by atoms with E-state index in [4.69, 9.17) is 4.98 Å². The third-order valence-corrected chi connectivity index (χ3v) is 6.55. The second-order valence-corrected chi connectivity index (χ2v) is 9.24. The lowest BCUT2D eigenvalue weighted by Crippen LogP contribution is -2.43. The van der Waals surface area contributed by atoms with Crippen molar-refractivity contribution in [2.45, 2.75) is 25.8 Å². The van der Waals surface area contributed by atoms with Crippen molar-refractivity contribution in [2.75, 3.05) is 18.0 Å². The molecule has 0 radical (unpaired) electrons. The first-order chi connectivity index (χ1) is 16.7. The van der Waals surface area contributed by atoms with Gasteiger partial charge in [0.15, 0.2) is 0 Å². The number of fused-ring (bicyclic) bond motifs is 1. The Balaban J connectivity index is 1.20. The van der Waals surface area contributed by atoms with Gasteiger partial charge in [-0.05, 0) is 43.5 Å². The zero-order valence-electron chi connectivity index (χ0n) is 18.8. The number of anilines is 1. The molecule has 0 spiro atoms. The first-order valence-electron chi connectivity index (χ1n) is 11.6. The SMILES string of the molecule is O=C(NCCCn1ccnc1-c1ccccc1)N1CCCc2nc(-c3ccc(Br)cc3)ccc21. The van der Waals surface area contributed by atoms with Crippen LogP contribution in [0.2, 0.25) is 0 Å².